The van der Waals surface area contributed by atoms with Gasteiger partial charge in [-0.25, -0.2) is 0 Å². The van der Waals surface area contributed by atoms with Gasteiger partial charge in [-0.2, -0.15) is 0 Å². The molecule has 106 valence electrons. The van der Waals surface area contributed by atoms with Crippen molar-refractivity contribution < 1.29 is 9.47 Å². The largest absolute Gasteiger partial charge is 0.377 e. The van der Waals surface area contributed by atoms with Crippen molar-refractivity contribution in [2.45, 2.75) is 70.6 Å². The minimum atomic E-state index is 0.239. The van der Waals surface area contributed by atoms with Crippen LogP contribution in [0, 0.1) is 5.92 Å². The minimum Gasteiger partial charge on any atom is -0.377 e. The first kappa shape index (κ1) is 14.3. The van der Waals surface area contributed by atoms with Crippen LogP contribution in [0.15, 0.2) is 0 Å². The molecule has 1 spiro atoms. The summed E-state index contributed by atoms with van der Waals surface area (Å²) < 4.78 is 11.9. The molecule has 1 aliphatic carbocycles. The van der Waals surface area contributed by atoms with Crippen LogP contribution in [0.1, 0.15) is 52.9 Å². The van der Waals surface area contributed by atoms with Crippen molar-refractivity contribution in [1.82, 2.24) is 5.32 Å². The Morgan fingerprint density at radius 2 is 2.17 bits per heavy atom. The highest BCUT2D eigenvalue weighted by Gasteiger charge is 2.45. The lowest BCUT2D eigenvalue weighted by atomic mass is 9.70. The molecule has 2 fully saturated rings. The number of hydrogen-bond donors (Lipinski definition) is 1. The predicted molar refractivity (Wildman–Crippen MR) is 73.8 cm³/mol. The summed E-state index contributed by atoms with van der Waals surface area (Å²) in [5, 5.41) is 3.64. The predicted octanol–water partition coefficient (Wildman–Crippen LogP) is 2.74. The van der Waals surface area contributed by atoms with E-state index in [9.17, 15) is 0 Å². The topological polar surface area (TPSA) is 30.5 Å². The van der Waals surface area contributed by atoms with Gasteiger partial charge in [0.1, 0.15) is 0 Å². The standard InChI is InChI=1S/C15H29NO2/c1-4-16-14(12(3)17-5-2)13-7-10-18-15(11-13)8-6-9-15/h12-14,16H,4-11H2,1-3H3. The summed E-state index contributed by atoms with van der Waals surface area (Å²) in [5.41, 5.74) is 0.239. The normalized spacial score (nSPS) is 29.8. The number of rotatable bonds is 6. The fourth-order valence-corrected chi connectivity index (χ4v) is 3.61. The van der Waals surface area contributed by atoms with Gasteiger partial charge >= 0.3 is 0 Å². The molecule has 18 heavy (non-hydrogen) atoms. The quantitative estimate of drug-likeness (QED) is 0.791. The van der Waals surface area contributed by atoms with E-state index in [1.807, 2.05) is 0 Å². The molecule has 0 amide bonds. The van der Waals surface area contributed by atoms with Crippen LogP contribution in [0.4, 0.5) is 0 Å². The van der Waals surface area contributed by atoms with E-state index in [1.165, 1.54) is 32.1 Å². The second kappa shape index (κ2) is 6.36. The molecule has 3 heteroatoms. The third-order valence-electron chi connectivity index (χ3n) is 4.68. The maximum Gasteiger partial charge on any atom is 0.0702 e. The first-order valence-corrected chi connectivity index (χ1v) is 7.69. The average Bonchev–Trinajstić information content (AvgIpc) is 2.34. The number of hydrogen-bond acceptors (Lipinski definition) is 3. The molecule has 1 saturated heterocycles. The Hall–Kier alpha value is -0.120. The first-order valence-electron chi connectivity index (χ1n) is 7.69. The van der Waals surface area contributed by atoms with Gasteiger partial charge < -0.3 is 14.8 Å². The van der Waals surface area contributed by atoms with Gasteiger partial charge in [0.15, 0.2) is 0 Å². The van der Waals surface area contributed by atoms with Gasteiger partial charge in [0.2, 0.25) is 0 Å². The van der Waals surface area contributed by atoms with Gasteiger partial charge in [-0.1, -0.05) is 6.92 Å². The van der Waals surface area contributed by atoms with Gasteiger partial charge in [0.25, 0.3) is 0 Å². The summed E-state index contributed by atoms with van der Waals surface area (Å²) in [6, 6.07) is 0.483. The van der Waals surface area contributed by atoms with E-state index in [1.54, 1.807) is 0 Å². The van der Waals surface area contributed by atoms with Crippen LogP contribution in [0.5, 0.6) is 0 Å². The van der Waals surface area contributed by atoms with Crippen LogP contribution in [-0.2, 0) is 9.47 Å². The molecule has 1 saturated carbocycles. The van der Waals surface area contributed by atoms with Crippen molar-refractivity contribution in [1.29, 1.82) is 0 Å². The molecule has 1 N–H and O–H groups in total. The van der Waals surface area contributed by atoms with Gasteiger partial charge in [0, 0.05) is 19.3 Å². The van der Waals surface area contributed by atoms with Crippen LogP contribution in [0.25, 0.3) is 0 Å². The van der Waals surface area contributed by atoms with Crippen molar-refractivity contribution >= 4 is 0 Å². The van der Waals surface area contributed by atoms with Crippen molar-refractivity contribution in [2.75, 3.05) is 19.8 Å². The Morgan fingerprint density at radius 3 is 2.72 bits per heavy atom. The molecule has 0 radical (unpaired) electrons. The summed E-state index contributed by atoms with van der Waals surface area (Å²) in [6.07, 6.45) is 6.59. The summed E-state index contributed by atoms with van der Waals surface area (Å²) in [4.78, 5) is 0. The van der Waals surface area contributed by atoms with E-state index in [0.717, 1.165) is 19.8 Å². The highest BCUT2D eigenvalue weighted by molar-refractivity contribution is 4.97. The maximum atomic E-state index is 6.03. The highest BCUT2D eigenvalue weighted by atomic mass is 16.5. The molecule has 0 aromatic carbocycles. The third-order valence-corrected chi connectivity index (χ3v) is 4.68. The van der Waals surface area contributed by atoms with Crippen LogP contribution in [-0.4, -0.2) is 37.5 Å². The van der Waals surface area contributed by atoms with Crippen molar-refractivity contribution in [3.63, 3.8) is 0 Å². The molecule has 2 rings (SSSR count). The molecule has 1 heterocycles. The molecule has 3 nitrogen and oxygen atoms in total. The molecular formula is C15H29NO2. The minimum absolute atomic E-state index is 0.239. The summed E-state index contributed by atoms with van der Waals surface area (Å²) in [5.74, 6) is 0.709. The molecule has 1 aliphatic heterocycles. The van der Waals surface area contributed by atoms with Gasteiger partial charge in [-0.05, 0) is 58.4 Å². The third kappa shape index (κ3) is 3.06. The zero-order valence-electron chi connectivity index (χ0n) is 12.2. The van der Waals surface area contributed by atoms with Crippen LogP contribution in [0.2, 0.25) is 0 Å². The van der Waals surface area contributed by atoms with Gasteiger partial charge in [0.05, 0.1) is 11.7 Å². The Bertz CT molecular complexity index is 253. The Balaban J connectivity index is 1.96. The van der Waals surface area contributed by atoms with Crippen molar-refractivity contribution in [2.24, 2.45) is 5.92 Å². The molecule has 2 aliphatic rings. The fourth-order valence-electron chi connectivity index (χ4n) is 3.61. The zero-order chi connectivity index (χ0) is 13.0. The van der Waals surface area contributed by atoms with Crippen LogP contribution >= 0.6 is 0 Å². The van der Waals surface area contributed by atoms with E-state index in [-0.39, 0.29) is 5.60 Å². The van der Waals surface area contributed by atoms with Gasteiger partial charge in [-0.3, -0.25) is 0 Å². The van der Waals surface area contributed by atoms with Gasteiger partial charge in [-0.15, -0.1) is 0 Å². The van der Waals surface area contributed by atoms with Crippen molar-refractivity contribution in [3.8, 4) is 0 Å². The maximum absolute atomic E-state index is 6.03. The highest BCUT2D eigenvalue weighted by Crippen LogP contribution is 2.45. The van der Waals surface area contributed by atoms with E-state index >= 15 is 0 Å². The SMILES string of the molecule is CCNC(C1CCOC2(CCC2)C1)C(C)OCC. The van der Waals surface area contributed by atoms with Crippen LogP contribution in [0.3, 0.4) is 0 Å². The molecule has 0 bridgehead atoms. The van der Waals surface area contributed by atoms with Crippen LogP contribution < -0.4 is 5.32 Å². The molecule has 0 aromatic rings. The first-order chi connectivity index (χ1) is 8.71. The zero-order valence-corrected chi connectivity index (χ0v) is 12.2. The lowest BCUT2D eigenvalue weighted by Gasteiger charge is -2.49. The lowest BCUT2D eigenvalue weighted by Crippen LogP contribution is -2.53. The van der Waals surface area contributed by atoms with E-state index in [2.05, 4.69) is 26.1 Å². The second-order valence-electron chi connectivity index (χ2n) is 5.88. The van der Waals surface area contributed by atoms with E-state index in [0.29, 0.717) is 18.1 Å². The molecule has 3 unspecified atom stereocenters. The second-order valence-corrected chi connectivity index (χ2v) is 5.88. The monoisotopic (exact) mass is 255 g/mol. The Labute approximate surface area is 112 Å². The Morgan fingerprint density at radius 1 is 1.39 bits per heavy atom. The molecule has 0 aromatic heterocycles. The number of nitrogens with one attached hydrogen (secondary N) is 1. The fraction of sp³-hybridized carbons (Fsp3) is 1.00. The van der Waals surface area contributed by atoms with E-state index < -0.39 is 0 Å². The summed E-state index contributed by atoms with van der Waals surface area (Å²) >= 11 is 0. The summed E-state index contributed by atoms with van der Waals surface area (Å²) in [6.45, 7) is 9.23. The lowest BCUT2D eigenvalue weighted by molar-refractivity contribution is -0.152. The average molecular weight is 255 g/mol. The van der Waals surface area contributed by atoms with E-state index in [4.69, 9.17) is 9.47 Å². The summed E-state index contributed by atoms with van der Waals surface area (Å²) in [7, 11) is 0. The number of ether oxygens (including phenoxy) is 2. The van der Waals surface area contributed by atoms with Crippen molar-refractivity contribution in [3.05, 3.63) is 0 Å². The molecular weight excluding hydrogens is 226 g/mol. The molecule has 3 atom stereocenters. The Kier molecular flexibility index (Phi) is 5.05. The smallest absolute Gasteiger partial charge is 0.0702 e. The number of likely N-dealkylation sites (N-methyl/N-ethyl adjacent to an activating group) is 1.